The third kappa shape index (κ3) is 4.88. The predicted octanol–water partition coefficient (Wildman–Crippen LogP) is 4.51. The first-order valence-electron chi connectivity index (χ1n) is 8.17. The van der Waals surface area contributed by atoms with Crippen LogP contribution in [-0.4, -0.2) is 29.8 Å². The lowest BCUT2D eigenvalue weighted by Crippen LogP contribution is -2.28. The summed E-state index contributed by atoms with van der Waals surface area (Å²) in [5, 5.41) is 0. The molecule has 0 bridgehead atoms. The molecule has 4 nitrogen and oxygen atoms in total. The Morgan fingerprint density at radius 1 is 1.14 bits per heavy atom. The van der Waals surface area contributed by atoms with Gasteiger partial charge >= 0.3 is 6.18 Å². The van der Waals surface area contributed by atoms with Gasteiger partial charge in [-0.25, -0.2) is 8.42 Å². The van der Waals surface area contributed by atoms with Crippen LogP contribution in [-0.2, 0) is 27.4 Å². The zero-order chi connectivity index (χ0) is 21.4. The summed E-state index contributed by atoms with van der Waals surface area (Å²) in [5.74, 6) is -0.526. The fraction of sp³-hybridized carbons (Fsp3) is 0.158. The Hall–Kier alpha value is -2.17. The highest BCUT2D eigenvalue weighted by Gasteiger charge is 2.36. The number of benzene rings is 2. The highest BCUT2D eigenvalue weighted by atomic mass is 32.2. The maximum atomic E-state index is 13.2. The first-order chi connectivity index (χ1) is 13.5. The van der Waals surface area contributed by atoms with Gasteiger partial charge < -0.3 is 0 Å². The molecule has 0 atom stereocenters. The van der Waals surface area contributed by atoms with Crippen LogP contribution in [0.2, 0.25) is 0 Å². The Kier molecular flexibility index (Phi) is 5.88. The van der Waals surface area contributed by atoms with E-state index in [0.29, 0.717) is 5.56 Å². The number of hydrogen-bond acceptors (Lipinski definition) is 5. The van der Waals surface area contributed by atoms with E-state index in [-0.39, 0.29) is 26.2 Å². The quantitative estimate of drug-likeness (QED) is 0.500. The fourth-order valence-electron chi connectivity index (χ4n) is 2.73. The topological polar surface area (TPSA) is 54.5 Å². The second-order valence-corrected chi connectivity index (χ2v) is 9.96. The predicted molar refractivity (Wildman–Crippen MR) is 110 cm³/mol. The molecular formula is C19H14F3NO3S3. The molecule has 1 heterocycles. The van der Waals surface area contributed by atoms with Gasteiger partial charge in [0.1, 0.15) is 4.32 Å². The molecule has 0 unspecified atom stereocenters. The molecule has 2 aromatic rings. The van der Waals surface area contributed by atoms with Crippen molar-refractivity contribution in [2.45, 2.75) is 17.6 Å². The highest BCUT2D eigenvalue weighted by molar-refractivity contribution is 8.26. The van der Waals surface area contributed by atoms with Gasteiger partial charge in [-0.3, -0.25) is 9.69 Å². The van der Waals surface area contributed by atoms with E-state index in [4.69, 9.17) is 12.2 Å². The van der Waals surface area contributed by atoms with E-state index in [2.05, 4.69) is 0 Å². The third-order valence-electron chi connectivity index (χ3n) is 4.11. The van der Waals surface area contributed by atoms with Gasteiger partial charge in [-0.1, -0.05) is 54.3 Å². The number of alkyl halides is 3. The Morgan fingerprint density at radius 3 is 2.48 bits per heavy atom. The van der Waals surface area contributed by atoms with Crippen molar-refractivity contribution in [3.8, 4) is 0 Å². The number of rotatable bonds is 4. The lowest BCUT2D eigenvalue weighted by molar-refractivity contribution is -0.138. The van der Waals surface area contributed by atoms with E-state index in [0.717, 1.165) is 29.0 Å². The number of carbonyl (C=O) groups excluding carboxylic acids is 1. The van der Waals surface area contributed by atoms with Crippen molar-refractivity contribution in [2.75, 3.05) is 6.26 Å². The maximum Gasteiger partial charge on any atom is 0.416 e. The van der Waals surface area contributed by atoms with Crippen LogP contribution in [0.15, 0.2) is 58.3 Å². The molecular weight excluding hydrogens is 443 g/mol. The van der Waals surface area contributed by atoms with Crippen LogP contribution in [0.5, 0.6) is 0 Å². The summed E-state index contributed by atoms with van der Waals surface area (Å²) in [6.07, 6.45) is -1.99. The van der Waals surface area contributed by atoms with E-state index < -0.39 is 27.5 Å². The van der Waals surface area contributed by atoms with Gasteiger partial charge in [-0.05, 0) is 35.4 Å². The maximum absolute atomic E-state index is 13.2. The molecule has 0 aromatic heterocycles. The minimum absolute atomic E-state index is 0.0587. The Balaban J connectivity index is 1.89. The zero-order valence-corrected chi connectivity index (χ0v) is 17.4. The molecule has 0 saturated carbocycles. The molecule has 2 aromatic carbocycles. The molecule has 1 amide bonds. The Morgan fingerprint density at radius 2 is 1.83 bits per heavy atom. The number of thioether (sulfide) groups is 1. The second kappa shape index (κ2) is 7.92. The van der Waals surface area contributed by atoms with Crippen molar-refractivity contribution in [1.29, 1.82) is 0 Å². The van der Waals surface area contributed by atoms with Crippen molar-refractivity contribution in [3.63, 3.8) is 0 Å². The molecule has 1 saturated heterocycles. The van der Waals surface area contributed by atoms with Gasteiger partial charge in [0.2, 0.25) is 0 Å². The number of sulfone groups is 1. The van der Waals surface area contributed by atoms with E-state index in [1.54, 1.807) is 12.1 Å². The van der Waals surface area contributed by atoms with Crippen LogP contribution < -0.4 is 0 Å². The molecule has 1 aliphatic heterocycles. The van der Waals surface area contributed by atoms with Gasteiger partial charge in [0.15, 0.2) is 9.84 Å². The third-order valence-corrected chi connectivity index (χ3v) is 6.60. The van der Waals surface area contributed by atoms with Crippen LogP contribution in [0.3, 0.4) is 0 Å². The van der Waals surface area contributed by atoms with Crippen LogP contribution >= 0.6 is 24.0 Å². The molecule has 1 fully saturated rings. The zero-order valence-electron chi connectivity index (χ0n) is 14.9. The number of amides is 1. The average Bonchev–Trinajstić information content (AvgIpc) is 2.88. The van der Waals surface area contributed by atoms with E-state index >= 15 is 0 Å². The number of nitrogens with zero attached hydrogens (tertiary/aromatic N) is 1. The van der Waals surface area contributed by atoms with Gasteiger partial charge in [0, 0.05) is 6.26 Å². The summed E-state index contributed by atoms with van der Waals surface area (Å²) in [6, 6.07) is 11.0. The van der Waals surface area contributed by atoms with Gasteiger partial charge in [-0.15, -0.1) is 0 Å². The van der Waals surface area contributed by atoms with Crippen molar-refractivity contribution in [3.05, 3.63) is 70.1 Å². The Bertz CT molecular complexity index is 1120. The van der Waals surface area contributed by atoms with Gasteiger partial charge in [-0.2, -0.15) is 13.2 Å². The summed E-state index contributed by atoms with van der Waals surface area (Å²) in [6.45, 7) is -0.304. The molecule has 152 valence electrons. The van der Waals surface area contributed by atoms with E-state index in [1.807, 2.05) is 0 Å². The molecule has 0 spiro atoms. The minimum Gasteiger partial charge on any atom is -0.288 e. The average molecular weight is 458 g/mol. The number of hydrogen-bond donors (Lipinski definition) is 0. The van der Waals surface area contributed by atoms with Crippen LogP contribution in [0.1, 0.15) is 16.7 Å². The van der Waals surface area contributed by atoms with Crippen molar-refractivity contribution >= 4 is 50.1 Å². The lowest BCUT2D eigenvalue weighted by Gasteiger charge is -2.18. The smallest absolute Gasteiger partial charge is 0.288 e. The van der Waals surface area contributed by atoms with E-state index in [1.165, 1.54) is 36.4 Å². The molecule has 3 rings (SSSR count). The number of thiocarbonyl (C=S) groups is 1. The monoisotopic (exact) mass is 457 g/mol. The molecule has 29 heavy (non-hydrogen) atoms. The largest absolute Gasteiger partial charge is 0.416 e. The van der Waals surface area contributed by atoms with Crippen molar-refractivity contribution in [2.24, 2.45) is 0 Å². The standard InChI is InChI=1S/C19H14F3NO3S3/c1-29(25,26)14-7-4-5-12(9-14)10-16-17(24)23(18(27)28-16)11-13-6-2-3-8-15(13)19(20,21)22/h2-10H,11H2,1H3/b16-10-. The Labute approximate surface area is 175 Å². The molecule has 0 aliphatic carbocycles. The summed E-state index contributed by atoms with van der Waals surface area (Å²) in [7, 11) is -3.42. The van der Waals surface area contributed by atoms with Crippen LogP contribution in [0, 0.1) is 0 Å². The normalized spacial score (nSPS) is 16.7. The van der Waals surface area contributed by atoms with Gasteiger partial charge in [0.05, 0.1) is 21.9 Å². The summed E-state index contributed by atoms with van der Waals surface area (Å²) in [4.78, 5) is 14.1. The fourth-order valence-corrected chi connectivity index (χ4v) is 4.66. The summed E-state index contributed by atoms with van der Waals surface area (Å²) >= 11 is 6.14. The number of carbonyl (C=O) groups is 1. The lowest BCUT2D eigenvalue weighted by atomic mass is 10.1. The molecule has 1 aliphatic rings. The molecule has 0 radical (unpaired) electrons. The van der Waals surface area contributed by atoms with Gasteiger partial charge in [0.25, 0.3) is 5.91 Å². The molecule has 0 N–H and O–H groups in total. The van der Waals surface area contributed by atoms with Crippen LogP contribution in [0.25, 0.3) is 6.08 Å². The number of halogens is 3. The summed E-state index contributed by atoms with van der Waals surface area (Å²) in [5.41, 5.74) is -0.403. The first kappa shape index (κ1) is 21.5. The van der Waals surface area contributed by atoms with Crippen molar-refractivity contribution < 1.29 is 26.4 Å². The second-order valence-electron chi connectivity index (χ2n) is 6.27. The SMILES string of the molecule is CS(=O)(=O)c1cccc(/C=C2\SC(=S)N(Cc3ccccc3C(F)(F)F)C2=O)c1. The van der Waals surface area contributed by atoms with Crippen molar-refractivity contribution in [1.82, 2.24) is 4.90 Å². The first-order valence-corrected chi connectivity index (χ1v) is 11.3. The highest BCUT2D eigenvalue weighted by Crippen LogP contribution is 2.37. The van der Waals surface area contributed by atoms with Crippen LogP contribution in [0.4, 0.5) is 13.2 Å². The molecule has 10 heteroatoms. The minimum atomic E-state index is -4.54. The summed E-state index contributed by atoms with van der Waals surface area (Å²) < 4.78 is 63.2. The van der Waals surface area contributed by atoms with E-state index in [9.17, 15) is 26.4 Å².